The molecule has 1 atom stereocenters. The highest BCUT2D eigenvalue weighted by Crippen LogP contribution is 2.24. The summed E-state index contributed by atoms with van der Waals surface area (Å²) in [6.45, 7) is 9.06. The van der Waals surface area contributed by atoms with E-state index in [2.05, 4.69) is 45.8 Å². The van der Waals surface area contributed by atoms with Crippen molar-refractivity contribution in [3.63, 3.8) is 0 Å². The highest BCUT2D eigenvalue weighted by Gasteiger charge is 2.27. The number of nitrogens with one attached hydrogen (secondary N) is 2. The maximum atomic E-state index is 12.9. The number of carbonyl (C=O) groups is 1. The summed E-state index contributed by atoms with van der Waals surface area (Å²) in [4.78, 5) is 17.4. The van der Waals surface area contributed by atoms with Gasteiger partial charge in [0.1, 0.15) is 11.5 Å². The van der Waals surface area contributed by atoms with Crippen molar-refractivity contribution < 1.29 is 18.3 Å². The van der Waals surface area contributed by atoms with E-state index in [-0.39, 0.29) is 12.6 Å². The molecule has 1 aliphatic rings. The maximum Gasteiger partial charge on any atom is 0.317 e. The highest BCUT2D eigenvalue weighted by molar-refractivity contribution is 7.77. The van der Waals surface area contributed by atoms with Gasteiger partial charge in [0.2, 0.25) is 0 Å². The molecule has 0 saturated carbocycles. The fraction of sp³-hybridized carbons (Fsp3) is 0.552. The first kappa shape index (κ1) is 30.1. The number of hydrogen-bond donors (Lipinski definition) is 2. The monoisotopic (exact) mass is 543 g/mol. The molecule has 2 aromatic carbocycles. The van der Waals surface area contributed by atoms with Gasteiger partial charge in [0.05, 0.1) is 0 Å². The van der Waals surface area contributed by atoms with E-state index < -0.39 is 11.3 Å². The van der Waals surface area contributed by atoms with Crippen molar-refractivity contribution in [2.75, 3.05) is 26.2 Å². The van der Waals surface area contributed by atoms with Crippen molar-refractivity contribution in [1.82, 2.24) is 19.8 Å². The number of rotatable bonds is 15. The Morgan fingerprint density at radius 3 is 2.16 bits per heavy atom. The van der Waals surface area contributed by atoms with E-state index in [0.29, 0.717) is 11.8 Å². The Kier molecular flexibility index (Phi) is 13.1. The molecule has 0 aliphatic carbocycles. The topological polar surface area (TPSA) is 97.0 Å². The Labute approximate surface area is 230 Å². The molecule has 9 heteroatoms. The molecule has 0 spiro atoms. The standard InChI is InChI=1S/C29H44N4O4S/c1-3-5-7-18-30-29(34)33(19-6-4-2)26-16-20-32(21-17-26)23-25-10-14-28(15-11-25)37-27-12-8-24(9-13-27)22-31-38(35)36/h8-15,26,31H,3-7,16-23H2,1-2H3,(H,30,34)(H,35,36)/p-1. The summed E-state index contributed by atoms with van der Waals surface area (Å²) in [6.07, 6.45) is 7.50. The van der Waals surface area contributed by atoms with Crippen molar-refractivity contribution in [2.45, 2.75) is 77.9 Å². The zero-order valence-electron chi connectivity index (χ0n) is 22.8. The Morgan fingerprint density at radius 2 is 1.58 bits per heavy atom. The predicted molar refractivity (Wildman–Crippen MR) is 152 cm³/mol. The van der Waals surface area contributed by atoms with E-state index in [1.807, 2.05) is 36.4 Å². The number of nitrogens with zero attached hydrogens (tertiary/aromatic N) is 2. The van der Waals surface area contributed by atoms with Crippen molar-refractivity contribution in [3.05, 3.63) is 59.7 Å². The molecule has 0 bridgehead atoms. The van der Waals surface area contributed by atoms with Crippen molar-refractivity contribution in [3.8, 4) is 11.5 Å². The number of benzene rings is 2. The molecular formula is C29H43N4O4S-. The highest BCUT2D eigenvalue weighted by atomic mass is 32.2. The molecule has 2 aromatic rings. The Bertz CT molecular complexity index is 979. The zero-order valence-corrected chi connectivity index (χ0v) is 23.6. The van der Waals surface area contributed by atoms with Crippen molar-refractivity contribution in [2.24, 2.45) is 0 Å². The molecule has 3 rings (SSSR count). The molecule has 38 heavy (non-hydrogen) atoms. The Morgan fingerprint density at radius 1 is 0.974 bits per heavy atom. The van der Waals surface area contributed by atoms with Crippen LogP contribution < -0.4 is 14.8 Å². The van der Waals surface area contributed by atoms with Gasteiger partial charge in [0, 0.05) is 56.6 Å². The normalized spacial score (nSPS) is 15.2. The fourth-order valence-electron chi connectivity index (χ4n) is 4.71. The van der Waals surface area contributed by atoms with Crippen molar-refractivity contribution >= 4 is 17.3 Å². The predicted octanol–water partition coefficient (Wildman–Crippen LogP) is 5.33. The number of likely N-dealkylation sites (tertiary alicyclic amines) is 1. The van der Waals surface area contributed by atoms with E-state index in [1.54, 1.807) is 0 Å². The fourth-order valence-corrected chi connectivity index (χ4v) is 5.00. The first-order valence-electron chi connectivity index (χ1n) is 13.9. The van der Waals surface area contributed by atoms with Crippen LogP contribution >= 0.6 is 0 Å². The molecule has 0 radical (unpaired) electrons. The number of unbranched alkanes of at least 4 members (excludes halogenated alkanes) is 3. The number of hydrogen-bond acceptors (Lipinski definition) is 5. The van der Waals surface area contributed by atoms with Gasteiger partial charge in [-0.1, -0.05) is 57.4 Å². The number of amides is 2. The second-order valence-corrected chi connectivity index (χ2v) is 10.7. The van der Waals surface area contributed by atoms with Gasteiger partial charge in [-0.05, 0) is 61.1 Å². The largest absolute Gasteiger partial charge is 0.760 e. The molecule has 1 fully saturated rings. The van der Waals surface area contributed by atoms with Gasteiger partial charge in [0.15, 0.2) is 0 Å². The number of urea groups is 1. The van der Waals surface area contributed by atoms with Gasteiger partial charge in [-0.3, -0.25) is 9.11 Å². The molecule has 1 unspecified atom stereocenters. The van der Waals surface area contributed by atoms with Crippen molar-refractivity contribution in [1.29, 1.82) is 0 Å². The summed E-state index contributed by atoms with van der Waals surface area (Å²) in [5, 5.41) is 3.15. The van der Waals surface area contributed by atoms with Gasteiger partial charge in [-0.15, -0.1) is 0 Å². The molecule has 1 aliphatic heterocycles. The molecule has 210 valence electrons. The average molecular weight is 544 g/mol. The summed E-state index contributed by atoms with van der Waals surface area (Å²) < 4.78 is 29.6. The van der Waals surface area contributed by atoms with Gasteiger partial charge in [-0.25, -0.2) is 9.52 Å². The van der Waals surface area contributed by atoms with Crippen LogP contribution in [-0.4, -0.2) is 56.8 Å². The first-order chi connectivity index (χ1) is 18.5. The lowest BCUT2D eigenvalue weighted by atomic mass is 10.0. The van der Waals surface area contributed by atoms with Gasteiger partial charge in [-0.2, -0.15) is 0 Å². The van der Waals surface area contributed by atoms with E-state index >= 15 is 0 Å². The summed E-state index contributed by atoms with van der Waals surface area (Å²) in [5.41, 5.74) is 2.10. The number of ether oxygens (including phenoxy) is 1. The van der Waals surface area contributed by atoms with Crippen LogP contribution in [0.5, 0.6) is 11.5 Å². The summed E-state index contributed by atoms with van der Waals surface area (Å²) in [7, 11) is 0. The second kappa shape index (κ2) is 16.5. The Hall–Kier alpha value is -2.46. The molecule has 2 amide bonds. The lowest BCUT2D eigenvalue weighted by Crippen LogP contribution is -2.51. The van der Waals surface area contributed by atoms with Crippen LogP contribution in [0, 0.1) is 0 Å². The summed E-state index contributed by atoms with van der Waals surface area (Å²) in [6, 6.07) is 15.9. The third-order valence-electron chi connectivity index (χ3n) is 6.95. The van der Waals surface area contributed by atoms with Crippen LogP contribution in [0.2, 0.25) is 0 Å². The minimum atomic E-state index is -2.27. The van der Waals surface area contributed by atoms with Gasteiger partial charge < -0.3 is 19.5 Å². The van der Waals surface area contributed by atoms with E-state index in [1.165, 1.54) is 5.56 Å². The molecular weight excluding hydrogens is 500 g/mol. The summed E-state index contributed by atoms with van der Waals surface area (Å²) in [5.74, 6) is 1.46. The van der Waals surface area contributed by atoms with Crippen LogP contribution in [0.3, 0.4) is 0 Å². The molecule has 0 aromatic heterocycles. The Balaban J connectivity index is 1.45. The zero-order chi connectivity index (χ0) is 27.2. The van der Waals surface area contributed by atoms with Crippen LogP contribution in [0.1, 0.15) is 69.9 Å². The smallest absolute Gasteiger partial charge is 0.317 e. The number of carbonyl (C=O) groups excluding carboxylic acids is 1. The average Bonchev–Trinajstić information content (AvgIpc) is 2.93. The number of piperidine rings is 1. The van der Waals surface area contributed by atoms with E-state index in [4.69, 9.17) is 4.74 Å². The third kappa shape index (κ3) is 10.4. The lowest BCUT2D eigenvalue weighted by Gasteiger charge is -2.38. The lowest BCUT2D eigenvalue weighted by molar-refractivity contribution is 0.116. The molecule has 1 saturated heterocycles. The molecule has 2 N–H and O–H groups in total. The van der Waals surface area contributed by atoms with E-state index in [9.17, 15) is 13.6 Å². The molecule has 1 heterocycles. The first-order valence-corrected chi connectivity index (χ1v) is 15.0. The van der Waals surface area contributed by atoms with Gasteiger partial charge >= 0.3 is 6.03 Å². The third-order valence-corrected chi connectivity index (χ3v) is 7.33. The van der Waals surface area contributed by atoms with Crippen LogP contribution in [0.25, 0.3) is 0 Å². The minimum absolute atomic E-state index is 0.105. The van der Waals surface area contributed by atoms with Crippen LogP contribution in [-0.2, 0) is 24.4 Å². The van der Waals surface area contributed by atoms with Crippen LogP contribution in [0.15, 0.2) is 48.5 Å². The van der Waals surface area contributed by atoms with Gasteiger partial charge in [0.25, 0.3) is 0 Å². The van der Waals surface area contributed by atoms with Crippen LogP contribution in [0.4, 0.5) is 4.79 Å². The quantitative estimate of drug-likeness (QED) is 0.234. The molecule has 8 nitrogen and oxygen atoms in total. The second-order valence-electron chi connectivity index (χ2n) is 9.94. The maximum absolute atomic E-state index is 12.9. The minimum Gasteiger partial charge on any atom is -0.760 e. The summed E-state index contributed by atoms with van der Waals surface area (Å²) >= 11 is -2.27. The SMILES string of the molecule is CCCCCNC(=O)N(CCCC)C1CCN(Cc2ccc(Oc3ccc(CNS(=O)[O-])cc3)cc2)CC1. The van der Waals surface area contributed by atoms with E-state index in [0.717, 1.165) is 89.0 Å².